The average Bonchev–Trinajstić information content (AvgIpc) is 3.35. The molecular weight excluding hydrogens is 952 g/mol. The number of ether oxygens (including phenoxy) is 16. The quantitative estimate of drug-likeness (QED) is 0.0208. The van der Waals surface area contributed by atoms with Crippen molar-refractivity contribution in [1.29, 1.82) is 0 Å². The number of hydrogen-bond donors (Lipinski definition) is 11. The maximum Gasteiger partial charge on any atom is 0.364 e. The van der Waals surface area contributed by atoms with Gasteiger partial charge in [-0.15, -0.1) is 6.58 Å². The van der Waals surface area contributed by atoms with Crippen LogP contribution in [0, 0.1) is 0 Å². The fraction of sp³-hybridized carbons (Fsp3) is 0.929. The van der Waals surface area contributed by atoms with Crippen molar-refractivity contribution in [2.45, 2.75) is 117 Å². The number of aliphatic hydroxyl groups is 10. The van der Waals surface area contributed by atoms with Crippen molar-refractivity contribution in [3.8, 4) is 0 Å². The Bertz CT molecular complexity index is 1410. The molecule has 4 saturated heterocycles. The van der Waals surface area contributed by atoms with Crippen LogP contribution in [-0.4, -0.2) is 304 Å². The SMILES string of the molecule is C=CCOCCOCCOCCOCCOCCOCCOCC(COC1COC(C)(C(=O)O)OC1)O[C@H]1O[C@H](CO)[C@@H](O[C@@H]2OC(CO)[C@H](O[C@@H]3OC(CO)[C@H](O)[C@H](O)C3O)[C@H](O)C2O)C(O)C1O. The zero-order valence-electron chi connectivity index (χ0n) is 39.1. The zero-order valence-corrected chi connectivity index (χ0v) is 39.1. The van der Waals surface area contributed by atoms with Gasteiger partial charge in [0.2, 0.25) is 0 Å². The third-order valence-corrected chi connectivity index (χ3v) is 11.2. The second-order valence-electron chi connectivity index (χ2n) is 16.4. The lowest BCUT2D eigenvalue weighted by Gasteiger charge is -2.48. The Hall–Kier alpha value is -1.83. The van der Waals surface area contributed by atoms with E-state index < -0.39 is 136 Å². The monoisotopic (exact) mass is 1030 g/mol. The molecule has 11 N–H and O–H groups in total. The van der Waals surface area contributed by atoms with E-state index in [1.54, 1.807) is 6.08 Å². The van der Waals surface area contributed by atoms with Gasteiger partial charge in [0.1, 0.15) is 85.5 Å². The van der Waals surface area contributed by atoms with Gasteiger partial charge in [-0.1, -0.05) is 6.08 Å². The molecule has 0 amide bonds. The van der Waals surface area contributed by atoms with E-state index in [-0.39, 0.29) is 52.9 Å². The number of carbonyl (C=O) groups is 1. The number of carboxylic acid groups (broad SMARTS) is 1. The van der Waals surface area contributed by atoms with Crippen molar-refractivity contribution in [1.82, 2.24) is 0 Å². The first-order valence-corrected chi connectivity index (χ1v) is 23.0. The Morgan fingerprint density at radius 2 is 0.957 bits per heavy atom. The summed E-state index contributed by atoms with van der Waals surface area (Å²) in [6, 6.07) is 0. The summed E-state index contributed by atoms with van der Waals surface area (Å²) in [5.41, 5.74) is 0. The van der Waals surface area contributed by atoms with E-state index in [9.17, 15) is 61.0 Å². The summed E-state index contributed by atoms with van der Waals surface area (Å²) in [6.07, 6.45) is -26.4. The van der Waals surface area contributed by atoms with E-state index >= 15 is 0 Å². The molecule has 28 nitrogen and oxygen atoms in total. The van der Waals surface area contributed by atoms with Crippen LogP contribution in [0.4, 0.5) is 0 Å². The third-order valence-electron chi connectivity index (χ3n) is 11.2. The standard InChI is InChI=1S/C42H74O28/c1-3-4-55-5-6-56-7-8-57-9-10-58-11-12-59-13-14-60-15-16-61-20-25(21-62-24-22-63-42(2,41(53)54)64-23-24)65-38-34(51)31(48)36(27(18-44)67-38)70-40-35(52)32(49)37(28(19-45)68-40)69-39-33(50)30(47)29(46)26(17-43)66-39/h3,24-40,43-52H,1,4-23H2,2H3,(H,53,54)/t24?,25?,26?,27-,28?,29+,30+,31?,32-,33?,34?,35?,36-,37+,38+,39+,40+,42?/m1/s1. The first-order chi connectivity index (χ1) is 33.7. The highest BCUT2D eigenvalue weighted by atomic mass is 16.8. The zero-order chi connectivity index (χ0) is 51.1. The Morgan fingerprint density at radius 3 is 1.40 bits per heavy atom. The van der Waals surface area contributed by atoms with Crippen molar-refractivity contribution in [2.75, 3.05) is 132 Å². The third kappa shape index (κ3) is 18.8. The van der Waals surface area contributed by atoms with Gasteiger partial charge in [-0.3, -0.25) is 0 Å². The van der Waals surface area contributed by atoms with Crippen molar-refractivity contribution in [2.24, 2.45) is 0 Å². The van der Waals surface area contributed by atoms with Crippen LogP contribution < -0.4 is 0 Å². The highest BCUT2D eigenvalue weighted by molar-refractivity contribution is 5.75. The maximum atomic E-state index is 11.5. The molecule has 28 heteroatoms. The fourth-order valence-corrected chi connectivity index (χ4v) is 7.13. The van der Waals surface area contributed by atoms with Crippen LogP contribution in [0.1, 0.15) is 6.92 Å². The van der Waals surface area contributed by atoms with E-state index in [4.69, 9.17) is 75.8 Å². The predicted molar refractivity (Wildman–Crippen MR) is 228 cm³/mol. The fourth-order valence-electron chi connectivity index (χ4n) is 7.13. The summed E-state index contributed by atoms with van der Waals surface area (Å²) in [7, 11) is 0. The minimum Gasteiger partial charge on any atom is -0.477 e. The summed E-state index contributed by atoms with van der Waals surface area (Å²) in [5, 5.41) is 115. The molecule has 0 radical (unpaired) electrons. The molecule has 7 unspecified atom stereocenters. The lowest BCUT2D eigenvalue weighted by atomic mass is 9.96. The van der Waals surface area contributed by atoms with Crippen molar-refractivity contribution >= 4 is 5.97 Å². The van der Waals surface area contributed by atoms with Crippen LogP contribution in [0.2, 0.25) is 0 Å². The predicted octanol–water partition coefficient (Wildman–Crippen LogP) is -6.65. The molecule has 4 rings (SSSR count). The summed E-state index contributed by atoms with van der Waals surface area (Å²) in [5.74, 6) is -3.21. The minimum atomic E-state index is -2.02. The largest absolute Gasteiger partial charge is 0.477 e. The van der Waals surface area contributed by atoms with Gasteiger partial charge in [0, 0.05) is 6.92 Å². The van der Waals surface area contributed by atoms with Crippen molar-refractivity contribution in [3.63, 3.8) is 0 Å². The molecular formula is C42H74O28. The molecule has 4 fully saturated rings. The van der Waals surface area contributed by atoms with E-state index in [1.165, 1.54) is 6.92 Å². The van der Waals surface area contributed by atoms with Gasteiger partial charge in [-0.25, -0.2) is 4.79 Å². The van der Waals surface area contributed by atoms with Crippen LogP contribution in [0.15, 0.2) is 12.7 Å². The lowest BCUT2D eigenvalue weighted by molar-refractivity contribution is -0.381. The molecule has 16 atom stereocenters. The number of carboxylic acids is 1. The van der Waals surface area contributed by atoms with E-state index in [2.05, 4.69) is 6.58 Å². The van der Waals surface area contributed by atoms with Crippen LogP contribution in [0.25, 0.3) is 0 Å². The second-order valence-corrected chi connectivity index (χ2v) is 16.4. The molecule has 4 heterocycles. The number of hydrogen-bond acceptors (Lipinski definition) is 27. The molecule has 4 aliphatic heterocycles. The highest BCUT2D eigenvalue weighted by Gasteiger charge is 2.54. The Kier molecular flexibility index (Phi) is 28.2. The molecule has 0 aromatic carbocycles. The van der Waals surface area contributed by atoms with Crippen LogP contribution in [-0.2, 0) is 80.6 Å². The Labute approximate surface area is 404 Å². The maximum absolute atomic E-state index is 11.5. The normalized spacial score (nSPS) is 36.5. The van der Waals surface area contributed by atoms with E-state index in [0.29, 0.717) is 59.5 Å². The van der Waals surface area contributed by atoms with E-state index in [1.807, 2.05) is 0 Å². The second kappa shape index (κ2) is 32.5. The molecule has 0 aliphatic carbocycles. The van der Waals surface area contributed by atoms with Gasteiger partial charge in [0.15, 0.2) is 18.9 Å². The smallest absolute Gasteiger partial charge is 0.364 e. The number of aliphatic carboxylic acids is 1. The number of rotatable bonds is 35. The molecule has 70 heavy (non-hydrogen) atoms. The number of aliphatic hydroxyl groups excluding tert-OH is 10. The molecule has 0 aromatic rings. The first-order valence-electron chi connectivity index (χ1n) is 23.0. The molecule has 0 spiro atoms. The summed E-state index contributed by atoms with van der Waals surface area (Å²) in [4.78, 5) is 11.5. The topological polar surface area (TPSA) is 387 Å². The summed E-state index contributed by atoms with van der Waals surface area (Å²) < 4.78 is 88.9. The van der Waals surface area contributed by atoms with E-state index in [0.717, 1.165) is 0 Å². The average molecular weight is 1030 g/mol. The molecule has 0 bridgehead atoms. The van der Waals surface area contributed by atoms with Crippen LogP contribution >= 0.6 is 0 Å². The lowest BCUT2D eigenvalue weighted by Crippen LogP contribution is -2.66. The van der Waals surface area contributed by atoms with Gasteiger partial charge < -0.3 is 132 Å². The molecule has 0 aromatic heterocycles. The summed E-state index contributed by atoms with van der Waals surface area (Å²) in [6.45, 7) is 6.08. The van der Waals surface area contributed by atoms with Crippen molar-refractivity contribution < 1.29 is 137 Å². The molecule has 4 aliphatic rings. The summed E-state index contributed by atoms with van der Waals surface area (Å²) >= 11 is 0. The first kappa shape index (κ1) is 60.7. The van der Waals surface area contributed by atoms with Crippen LogP contribution in [0.5, 0.6) is 0 Å². The molecule has 410 valence electrons. The molecule has 0 saturated carbocycles. The van der Waals surface area contributed by atoms with Gasteiger partial charge >= 0.3 is 5.97 Å². The van der Waals surface area contributed by atoms with Gasteiger partial charge in [0.05, 0.1) is 132 Å². The van der Waals surface area contributed by atoms with Crippen LogP contribution in [0.3, 0.4) is 0 Å². The Morgan fingerprint density at radius 1 is 0.557 bits per heavy atom. The van der Waals surface area contributed by atoms with Crippen molar-refractivity contribution in [3.05, 3.63) is 12.7 Å². The Balaban J connectivity index is 1.22. The van der Waals surface area contributed by atoms with Gasteiger partial charge in [0.25, 0.3) is 5.79 Å². The highest BCUT2D eigenvalue weighted by Crippen LogP contribution is 2.33. The minimum absolute atomic E-state index is 0.0639. The van der Waals surface area contributed by atoms with Gasteiger partial charge in [-0.05, 0) is 0 Å². The van der Waals surface area contributed by atoms with Gasteiger partial charge in [-0.2, -0.15) is 0 Å².